The van der Waals surface area contributed by atoms with Crippen LogP contribution in [0.2, 0.25) is 0 Å². The van der Waals surface area contributed by atoms with Gasteiger partial charge in [0.15, 0.2) is 0 Å². The number of rotatable bonds is 3. The predicted molar refractivity (Wildman–Crippen MR) is 68.3 cm³/mol. The number of nitrogens with one attached hydrogen (secondary N) is 1. The van der Waals surface area contributed by atoms with Crippen molar-refractivity contribution in [2.75, 3.05) is 11.9 Å². The first kappa shape index (κ1) is 12.6. The van der Waals surface area contributed by atoms with Crippen molar-refractivity contribution in [3.8, 4) is 5.75 Å². The first-order valence-corrected chi connectivity index (χ1v) is 5.39. The first-order chi connectivity index (χ1) is 8.99. The summed E-state index contributed by atoms with van der Waals surface area (Å²) in [5.74, 6) is -0.395. The van der Waals surface area contributed by atoms with Gasteiger partial charge < -0.3 is 15.0 Å². The van der Waals surface area contributed by atoms with Crippen LogP contribution in [0, 0.1) is 10.1 Å². The Morgan fingerprint density at radius 3 is 2.74 bits per heavy atom. The average Bonchev–Trinajstić information content (AvgIpc) is 2.86. The fraction of sp³-hybridized carbons (Fsp3) is 0.0833. The molecule has 7 heteroatoms. The number of anilines is 1. The summed E-state index contributed by atoms with van der Waals surface area (Å²) in [5.41, 5.74) is 0.424. The van der Waals surface area contributed by atoms with Gasteiger partial charge >= 0.3 is 0 Å². The zero-order valence-corrected chi connectivity index (χ0v) is 10.0. The summed E-state index contributed by atoms with van der Waals surface area (Å²) in [6.07, 6.45) is 1.16. The molecule has 0 aliphatic heterocycles. The Labute approximate surface area is 108 Å². The van der Waals surface area contributed by atoms with Gasteiger partial charge in [-0.1, -0.05) is 6.07 Å². The highest BCUT2D eigenvalue weighted by atomic mass is 16.6. The van der Waals surface area contributed by atoms with Crippen LogP contribution in [0.3, 0.4) is 0 Å². The number of nitro groups is 1. The van der Waals surface area contributed by atoms with E-state index in [0.717, 1.165) is 6.20 Å². The van der Waals surface area contributed by atoms with Gasteiger partial charge in [0.2, 0.25) is 0 Å². The Bertz CT molecular complexity index is 635. The lowest BCUT2D eigenvalue weighted by atomic mass is 10.2. The molecule has 0 aliphatic rings. The van der Waals surface area contributed by atoms with Crippen LogP contribution in [0.5, 0.6) is 5.75 Å². The fourth-order valence-electron chi connectivity index (χ4n) is 1.61. The molecule has 0 aliphatic carbocycles. The van der Waals surface area contributed by atoms with Gasteiger partial charge in [0, 0.05) is 24.9 Å². The van der Waals surface area contributed by atoms with Crippen LogP contribution < -0.4 is 4.90 Å². The molecular formula is C12H11N3O4. The zero-order valence-electron chi connectivity index (χ0n) is 10.0. The number of phenolic OH excluding ortho intramolecular Hbond substituents is 1. The average molecular weight is 261 g/mol. The molecule has 1 heterocycles. The van der Waals surface area contributed by atoms with Gasteiger partial charge in [0.25, 0.3) is 11.6 Å². The van der Waals surface area contributed by atoms with Crippen LogP contribution in [0.1, 0.15) is 10.5 Å². The molecule has 0 fully saturated rings. The van der Waals surface area contributed by atoms with Crippen molar-refractivity contribution in [3.63, 3.8) is 0 Å². The number of hydrogen-bond donors (Lipinski definition) is 2. The molecule has 0 spiro atoms. The highest BCUT2D eigenvalue weighted by Gasteiger charge is 2.18. The summed E-state index contributed by atoms with van der Waals surface area (Å²) < 4.78 is 0. The van der Waals surface area contributed by atoms with Crippen LogP contribution in [-0.2, 0) is 0 Å². The molecule has 98 valence electrons. The maximum absolute atomic E-state index is 12.1. The maximum Gasteiger partial charge on any atom is 0.287 e. The monoisotopic (exact) mass is 261 g/mol. The molecular weight excluding hydrogens is 250 g/mol. The van der Waals surface area contributed by atoms with Crippen molar-refractivity contribution in [2.45, 2.75) is 0 Å². The Morgan fingerprint density at radius 2 is 2.16 bits per heavy atom. The molecule has 19 heavy (non-hydrogen) atoms. The van der Waals surface area contributed by atoms with Crippen LogP contribution >= 0.6 is 0 Å². The number of amides is 1. The molecule has 0 saturated carbocycles. The second-order valence-corrected chi connectivity index (χ2v) is 3.91. The molecule has 0 atom stereocenters. The number of aromatic hydroxyl groups is 1. The minimum absolute atomic E-state index is 0.0367. The highest BCUT2D eigenvalue weighted by Crippen LogP contribution is 2.21. The summed E-state index contributed by atoms with van der Waals surface area (Å²) in [4.78, 5) is 25.9. The van der Waals surface area contributed by atoms with E-state index in [0.29, 0.717) is 5.69 Å². The van der Waals surface area contributed by atoms with Crippen LogP contribution in [0.4, 0.5) is 11.4 Å². The predicted octanol–water partition coefficient (Wildman–Crippen LogP) is 1.91. The minimum atomic E-state index is -0.582. The normalized spacial score (nSPS) is 10.2. The smallest absolute Gasteiger partial charge is 0.287 e. The van der Waals surface area contributed by atoms with E-state index in [1.165, 1.54) is 30.1 Å². The second-order valence-electron chi connectivity index (χ2n) is 3.91. The fourth-order valence-corrected chi connectivity index (χ4v) is 1.61. The van der Waals surface area contributed by atoms with Crippen LogP contribution in [0.15, 0.2) is 36.5 Å². The minimum Gasteiger partial charge on any atom is -0.508 e. The number of hydrogen-bond acceptors (Lipinski definition) is 4. The topological polar surface area (TPSA) is 99.5 Å². The van der Waals surface area contributed by atoms with Gasteiger partial charge in [0.05, 0.1) is 11.1 Å². The molecule has 1 aromatic heterocycles. The van der Waals surface area contributed by atoms with Crippen LogP contribution in [0.25, 0.3) is 0 Å². The highest BCUT2D eigenvalue weighted by molar-refractivity contribution is 6.04. The van der Waals surface area contributed by atoms with Gasteiger partial charge in [-0.3, -0.25) is 14.9 Å². The van der Waals surface area contributed by atoms with E-state index < -0.39 is 10.8 Å². The Hall–Kier alpha value is -2.83. The first-order valence-electron chi connectivity index (χ1n) is 5.39. The Balaban J connectivity index is 2.25. The number of aromatic nitrogens is 1. The lowest BCUT2D eigenvalue weighted by Crippen LogP contribution is -2.26. The maximum atomic E-state index is 12.1. The molecule has 2 N–H and O–H groups in total. The molecule has 1 amide bonds. The number of benzene rings is 1. The largest absolute Gasteiger partial charge is 0.508 e. The quantitative estimate of drug-likeness (QED) is 0.651. The van der Waals surface area contributed by atoms with Crippen molar-refractivity contribution in [3.05, 3.63) is 52.3 Å². The van der Waals surface area contributed by atoms with Gasteiger partial charge in [-0.15, -0.1) is 0 Å². The van der Waals surface area contributed by atoms with E-state index in [2.05, 4.69) is 4.98 Å². The van der Waals surface area contributed by atoms with Crippen molar-refractivity contribution in [2.24, 2.45) is 0 Å². The molecule has 0 radical (unpaired) electrons. The summed E-state index contributed by atoms with van der Waals surface area (Å²) in [7, 11) is 1.52. The third kappa shape index (κ3) is 2.54. The Morgan fingerprint density at radius 1 is 1.42 bits per heavy atom. The number of carbonyl (C=O) groups is 1. The van der Waals surface area contributed by atoms with E-state index in [9.17, 15) is 20.0 Å². The molecule has 2 rings (SSSR count). The summed E-state index contributed by atoms with van der Waals surface area (Å²) in [5, 5.41) is 19.9. The van der Waals surface area contributed by atoms with E-state index >= 15 is 0 Å². The third-order valence-corrected chi connectivity index (χ3v) is 2.63. The van der Waals surface area contributed by atoms with E-state index in [-0.39, 0.29) is 17.1 Å². The number of carbonyl (C=O) groups excluding carboxylic acids is 1. The van der Waals surface area contributed by atoms with Gasteiger partial charge in [-0.25, -0.2) is 0 Å². The number of phenols is 1. The van der Waals surface area contributed by atoms with Gasteiger partial charge in [0.1, 0.15) is 11.4 Å². The third-order valence-electron chi connectivity index (χ3n) is 2.63. The molecule has 0 saturated heterocycles. The van der Waals surface area contributed by atoms with Crippen molar-refractivity contribution >= 4 is 17.3 Å². The lowest BCUT2D eigenvalue weighted by molar-refractivity contribution is -0.384. The Kier molecular flexibility index (Phi) is 3.19. The summed E-state index contributed by atoms with van der Waals surface area (Å²) >= 11 is 0. The van der Waals surface area contributed by atoms with Crippen molar-refractivity contribution in [1.29, 1.82) is 0 Å². The van der Waals surface area contributed by atoms with Crippen molar-refractivity contribution in [1.82, 2.24) is 4.98 Å². The molecule has 2 aromatic rings. The molecule has 1 aromatic carbocycles. The van der Waals surface area contributed by atoms with E-state index in [1.807, 2.05) is 0 Å². The summed E-state index contributed by atoms with van der Waals surface area (Å²) in [6, 6.07) is 7.33. The number of H-pyrrole nitrogens is 1. The van der Waals surface area contributed by atoms with Crippen LogP contribution in [-0.4, -0.2) is 28.0 Å². The van der Waals surface area contributed by atoms with Crippen molar-refractivity contribution < 1.29 is 14.8 Å². The number of aromatic amines is 1. The molecule has 7 nitrogen and oxygen atoms in total. The SMILES string of the molecule is CN(C(=O)c1cc([N+](=O)[O-])c[nH]1)c1cccc(O)c1. The van der Waals surface area contributed by atoms with Gasteiger partial charge in [-0.2, -0.15) is 0 Å². The van der Waals surface area contributed by atoms with E-state index in [4.69, 9.17) is 0 Å². The summed E-state index contributed by atoms with van der Waals surface area (Å²) in [6.45, 7) is 0. The zero-order chi connectivity index (χ0) is 14.0. The van der Waals surface area contributed by atoms with Gasteiger partial charge in [-0.05, 0) is 12.1 Å². The molecule has 0 unspecified atom stereocenters. The van der Waals surface area contributed by atoms with E-state index in [1.54, 1.807) is 12.1 Å². The molecule has 0 bridgehead atoms. The standard InChI is InChI=1S/C12H11N3O4/c1-14(8-3-2-4-10(16)5-8)12(17)11-6-9(7-13-11)15(18)19/h2-7,13,16H,1H3. The number of nitrogens with zero attached hydrogens (tertiary/aromatic N) is 2. The lowest BCUT2D eigenvalue weighted by Gasteiger charge is -2.16. The second kappa shape index (κ2) is 4.81.